The monoisotopic (exact) mass is 390 g/mol. The quantitative estimate of drug-likeness (QED) is 0.852. The van der Waals surface area contributed by atoms with Crippen molar-refractivity contribution < 1.29 is 27.1 Å². The van der Waals surface area contributed by atoms with Gasteiger partial charge in [-0.05, 0) is 35.3 Å². The first-order valence-corrected chi connectivity index (χ1v) is 9.92. The summed E-state index contributed by atoms with van der Waals surface area (Å²) in [5.74, 6) is -2.97. The van der Waals surface area contributed by atoms with E-state index in [-0.39, 0.29) is 27.2 Å². The van der Waals surface area contributed by atoms with Crippen LogP contribution in [-0.2, 0) is 14.6 Å². The molecule has 0 radical (unpaired) electrons. The highest BCUT2D eigenvalue weighted by atomic mass is 32.2. The van der Waals surface area contributed by atoms with Crippen LogP contribution in [0.3, 0.4) is 0 Å². The standard InChI is InChI=1S/C20H16F2O4S/c1-11-14(10-17(23)24)15-8-13(21)9-16(22)19(15)18(11)20(27(2,25)26)12-6-4-3-5-7-12/h3-9H,10H2,1-2H3,(H,23,24). The number of carboxylic acids is 1. The minimum atomic E-state index is -3.82. The summed E-state index contributed by atoms with van der Waals surface area (Å²) in [7, 11) is -3.82. The normalized spacial score (nSPS) is 15.7. The summed E-state index contributed by atoms with van der Waals surface area (Å²) in [4.78, 5) is 11.2. The molecule has 1 N–H and O–H groups in total. The maximum Gasteiger partial charge on any atom is 0.307 e. The molecule has 7 heteroatoms. The number of rotatable bonds is 4. The van der Waals surface area contributed by atoms with Gasteiger partial charge in [0.1, 0.15) is 11.6 Å². The van der Waals surface area contributed by atoms with Crippen LogP contribution in [0.15, 0.2) is 48.0 Å². The molecular weight excluding hydrogens is 374 g/mol. The Morgan fingerprint density at radius 3 is 2.30 bits per heavy atom. The van der Waals surface area contributed by atoms with E-state index in [2.05, 4.69) is 0 Å². The van der Waals surface area contributed by atoms with Crippen LogP contribution in [0.1, 0.15) is 30.0 Å². The SMILES string of the molecule is CC1=C(CC(=O)O)c2cc(F)cc(F)c2C1=C(c1ccccc1)S(C)(=O)=O. The van der Waals surface area contributed by atoms with Gasteiger partial charge in [0.05, 0.1) is 11.3 Å². The van der Waals surface area contributed by atoms with Crippen molar-refractivity contribution in [2.75, 3.05) is 6.26 Å². The second-order valence-electron chi connectivity index (χ2n) is 6.33. The Balaban J connectivity index is 2.49. The molecule has 4 nitrogen and oxygen atoms in total. The molecule has 140 valence electrons. The number of aliphatic carboxylic acids is 1. The Morgan fingerprint density at radius 1 is 1.11 bits per heavy atom. The van der Waals surface area contributed by atoms with Gasteiger partial charge in [-0.15, -0.1) is 0 Å². The van der Waals surface area contributed by atoms with Gasteiger partial charge in [-0.3, -0.25) is 4.79 Å². The lowest BCUT2D eigenvalue weighted by molar-refractivity contribution is -0.135. The number of halogens is 2. The van der Waals surface area contributed by atoms with E-state index in [4.69, 9.17) is 0 Å². The van der Waals surface area contributed by atoms with E-state index in [1.54, 1.807) is 30.3 Å². The zero-order valence-corrected chi connectivity index (χ0v) is 15.4. The summed E-state index contributed by atoms with van der Waals surface area (Å²) < 4.78 is 53.7. The van der Waals surface area contributed by atoms with Gasteiger partial charge >= 0.3 is 5.97 Å². The first-order valence-electron chi connectivity index (χ1n) is 8.02. The van der Waals surface area contributed by atoms with Gasteiger partial charge in [0.15, 0.2) is 9.84 Å². The Hall–Kier alpha value is -2.80. The Labute approximate surface area is 155 Å². The smallest absolute Gasteiger partial charge is 0.307 e. The molecule has 3 rings (SSSR count). The zero-order chi connectivity index (χ0) is 19.9. The van der Waals surface area contributed by atoms with Gasteiger partial charge in [-0.25, -0.2) is 17.2 Å². The predicted octanol–water partition coefficient (Wildman–Crippen LogP) is 4.14. The third-order valence-electron chi connectivity index (χ3n) is 4.42. The summed E-state index contributed by atoms with van der Waals surface area (Å²) in [6, 6.07) is 9.87. The second kappa shape index (κ2) is 6.74. The lowest BCUT2D eigenvalue weighted by atomic mass is 9.99. The fourth-order valence-electron chi connectivity index (χ4n) is 3.40. The third kappa shape index (κ3) is 3.42. The molecule has 0 aromatic heterocycles. The van der Waals surface area contributed by atoms with Gasteiger partial charge in [-0.1, -0.05) is 30.3 Å². The van der Waals surface area contributed by atoms with Crippen molar-refractivity contribution in [3.63, 3.8) is 0 Å². The van der Waals surface area contributed by atoms with Crippen LogP contribution in [0.25, 0.3) is 16.1 Å². The fraction of sp³-hybridized carbons (Fsp3) is 0.150. The van der Waals surface area contributed by atoms with Gasteiger partial charge in [-0.2, -0.15) is 0 Å². The van der Waals surface area contributed by atoms with E-state index in [9.17, 15) is 27.1 Å². The number of hydrogen-bond donors (Lipinski definition) is 1. The molecule has 0 bridgehead atoms. The summed E-state index contributed by atoms with van der Waals surface area (Å²) in [6.07, 6.45) is 0.531. The van der Waals surface area contributed by atoms with Crippen molar-refractivity contribution in [3.8, 4) is 0 Å². The second-order valence-corrected chi connectivity index (χ2v) is 8.28. The van der Waals surface area contributed by atoms with Gasteiger partial charge in [0.25, 0.3) is 0 Å². The van der Waals surface area contributed by atoms with E-state index >= 15 is 0 Å². The van der Waals surface area contributed by atoms with Crippen molar-refractivity contribution in [1.29, 1.82) is 0 Å². The number of sulfone groups is 1. The van der Waals surface area contributed by atoms with Crippen LogP contribution in [0, 0.1) is 11.6 Å². The number of allylic oxidation sites excluding steroid dienone is 2. The molecule has 2 aromatic rings. The Kier molecular flexibility index (Phi) is 4.73. The molecule has 0 saturated carbocycles. The molecule has 0 amide bonds. The highest BCUT2D eigenvalue weighted by molar-refractivity contribution is 8.00. The van der Waals surface area contributed by atoms with E-state index in [1.165, 1.54) is 6.92 Å². The molecule has 0 heterocycles. The number of hydrogen-bond acceptors (Lipinski definition) is 3. The fourth-order valence-corrected chi connectivity index (χ4v) is 4.59. The minimum absolute atomic E-state index is 0.0690. The van der Waals surface area contributed by atoms with Crippen LogP contribution in [-0.4, -0.2) is 25.7 Å². The van der Waals surface area contributed by atoms with Crippen LogP contribution >= 0.6 is 0 Å². The molecule has 0 spiro atoms. The number of fused-ring (bicyclic) bond motifs is 1. The van der Waals surface area contributed by atoms with Crippen molar-refractivity contribution >= 4 is 31.9 Å². The molecule has 0 atom stereocenters. The van der Waals surface area contributed by atoms with Crippen molar-refractivity contribution in [2.45, 2.75) is 13.3 Å². The van der Waals surface area contributed by atoms with Crippen molar-refractivity contribution in [3.05, 3.63) is 76.4 Å². The van der Waals surface area contributed by atoms with Crippen molar-refractivity contribution in [2.24, 2.45) is 0 Å². The summed E-state index contributed by atoms with van der Waals surface area (Å²) in [5.41, 5.74) is 0.908. The summed E-state index contributed by atoms with van der Waals surface area (Å²) in [6.45, 7) is 1.53. The Bertz CT molecular complexity index is 1110. The van der Waals surface area contributed by atoms with Crippen LogP contribution in [0.4, 0.5) is 8.78 Å². The first kappa shape index (κ1) is 19.0. The van der Waals surface area contributed by atoms with E-state index in [0.29, 0.717) is 17.2 Å². The number of carbonyl (C=O) groups is 1. The highest BCUT2D eigenvalue weighted by Gasteiger charge is 2.34. The predicted molar refractivity (Wildman–Crippen MR) is 99.3 cm³/mol. The lowest BCUT2D eigenvalue weighted by Crippen LogP contribution is -2.05. The lowest BCUT2D eigenvalue weighted by Gasteiger charge is -2.13. The molecule has 2 aromatic carbocycles. The Morgan fingerprint density at radius 2 is 1.74 bits per heavy atom. The largest absolute Gasteiger partial charge is 0.481 e. The van der Waals surface area contributed by atoms with E-state index in [1.807, 2.05) is 0 Å². The third-order valence-corrected chi connectivity index (χ3v) is 5.60. The minimum Gasteiger partial charge on any atom is -0.481 e. The molecule has 1 aliphatic rings. The zero-order valence-electron chi connectivity index (χ0n) is 14.6. The average molecular weight is 390 g/mol. The van der Waals surface area contributed by atoms with Gasteiger partial charge in [0.2, 0.25) is 0 Å². The maximum absolute atomic E-state index is 14.7. The molecule has 0 aliphatic heterocycles. The van der Waals surface area contributed by atoms with Gasteiger partial charge < -0.3 is 5.11 Å². The molecule has 0 fully saturated rings. The van der Waals surface area contributed by atoms with Crippen LogP contribution < -0.4 is 0 Å². The van der Waals surface area contributed by atoms with E-state index < -0.39 is 33.9 Å². The molecule has 0 saturated heterocycles. The topological polar surface area (TPSA) is 71.4 Å². The first-order chi connectivity index (χ1) is 12.6. The molecular formula is C20H16F2O4S. The van der Waals surface area contributed by atoms with Crippen molar-refractivity contribution in [1.82, 2.24) is 0 Å². The van der Waals surface area contributed by atoms with Gasteiger partial charge in [0, 0.05) is 23.5 Å². The maximum atomic E-state index is 14.7. The highest BCUT2D eigenvalue weighted by Crippen LogP contribution is 2.48. The van der Waals surface area contributed by atoms with E-state index in [0.717, 1.165) is 12.3 Å². The van der Waals surface area contributed by atoms with Crippen LogP contribution in [0.2, 0.25) is 0 Å². The molecule has 1 aliphatic carbocycles. The number of carboxylic acid groups (broad SMARTS) is 1. The summed E-state index contributed by atoms with van der Waals surface area (Å²) >= 11 is 0. The molecule has 0 unspecified atom stereocenters. The van der Waals surface area contributed by atoms with Crippen LogP contribution in [0.5, 0.6) is 0 Å². The number of benzene rings is 2. The average Bonchev–Trinajstić information content (AvgIpc) is 2.80. The molecule has 27 heavy (non-hydrogen) atoms. The summed E-state index contributed by atoms with van der Waals surface area (Å²) in [5, 5.41) is 9.20.